The largest absolute Gasteiger partial charge is 0.474 e. The lowest BCUT2D eigenvalue weighted by Gasteiger charge is -2.21. The number of fused-ring (bicyclic) bond motifs is 3. The van der Waals surface area contributed by atoms with Crippen LogP contribution in [-0.4, -0.2) is 81.8 Å². The maximum Gasteiger partial charge on any atom is 0.394 e. The smallest absolute Gasteiger partial charge is 0.394 e. The minimum atomic E-state index is -1.42. The van der Waals surface area contributed by atoms with Gasteiger partial charge in [0.25, 0.3) is 0 Å². The Bertz CT molecular complexity index is 1160. The Morgan fingerprint density at radius 1 is 1.06 bits per heavy atom. The Morgan fingerprint density at radius 2 is 1.80 bits per heavy atom. The van der Waals surface area contributed by atoms with Gasteiger partial charge >= 0.3 is 11.9 Å². The van der Waals surface area contributed by atoms with Gasteiger partial charge in [-0.15, -0.1) is 0 Å². The summed E-state index contributed by atoms with van der Waals surface area (Å²) in [4.78, 5) is 42.1. The lowest BCUT2D eigenvalue weighted by Crippen LogP contribution is -2.38. The Balaban J connectivity index is 1.71. The molecule has 0 aliphatic heterocycles. The Hall–Kier alpha value is -3.40. The summed E-state index contributed by atoms with van der Waals surface area (Å²) in [6, 6.07) is 7.77. The van der Waals surface area contributed by atoms with Crippen LogP contribution in [0.1, 0.15) is 44.9 Å². The molecule has 0 saturated heterocycles. The number of nitrogens with zero attached hydrogens (tertiary/aromatic N) is 5. The predicted octanol–water partition coefficient (Wildman–Crippen LogP) is 2.58. The monoisotopic (exact) mass is 484 g/mol. The van der Waals surface area contributed by atoms with Crippen LogP contribution in [0, 0.1) is 0 Å². The third-order valence-corrected chi connectivity index (χ3v) is 5.85. The number of pyridine rings is 1. The molecule has 0 saturated carbocycles. The van der Waals surface area contributed by atoms with Gasteiger partial charge in [-0.2, -0.15) is 4.73 Å². The fraction of sp³-hybridized carbons (Fsp3) is 0.520. The van der Waals surface area contributed by atoms with E-state index in [0.29, 0.717) is 50.3 Å². The molecule has 0 fully saturated rings. The van der Waals surface area contributed by atoms with Crippen LogP contribution in [0.25, 0.3) is 21.9 Å². The number of para-hydroxylation sites is 1. The third kappa shape index (κ3) is 6.60. The Kier molecular flexibility index (Phi) is 9.25. The molecular weight excluding hydrogens is 448 g/mol. The van der Waals surface area contributed by atoms with Crippen LogP contribution in [0.15, 0.2) is 24.3 Å². The number of anilines is 1. The first-order valence-corrected chi connectivity index (χ1v) is 12.2. The summed E-state index contributed by atoms with van der Waals surface area (Å²) >= 11 is 0. The molecule has 0 aliphatic carbocycles. The summed E-state index contributed by atoms with van der Waals surface area (Å²) in [6.07, 6.45) is 4.75. The van der Waals surface area contributed by atoms with E-state index in [9.17, 15) is 9.59 Å². The van der Waals surface area contributed by atoms with Crippen LogP contribution >= 0.6 is 0 Å². The molecule has 190 valence electrons. The molecule has 3 N–H and O–H groups in total. The highest BCUT2D eigenvalue weighted by molar-refractivity contribution is 6.31. The number of nitrogens with two attached hydrogens (primary N) is 1. The first-order chi connectivity index (χ1) is 16.8. The van der Waals surface area contributed by atoms with Gasteiger partial charge in [-0.3, -0.25) is 4.79 Å². The number of benzene rings is 1. The van der Waals surface area contributed by atoms with Crippen LogP contribution in [0.2, 0.25) is 0 Å². The quantitative estimate of drug-likeness (QED) is 0.280. The van der Waals surface area contributed by atoms with E-state index in [1.54, 1.807) is 4.73 Å². The minimum Gasteiger partial charge on any atom is -0.474 e. The van der Waals surface area contributed by atoms with Gasteiger partial charge in [-0.25, -0.2) is 14.8 Å². The molecule has 2 aromatic heterocycles. The number of carboxylic acids is 1. The van der Waals surface area contributed by atoms with E-state index in [1.165, 1.54) is 4.90 Å². The lowest BCUT2D eigenvalue weighted by atomic mass is 10.2. The van der Waals surface area contributed by atoms with Gasteiger partial charge in [0.1, 0.15) is 23.5 Å². The van der Waals surface area contributed by atoms with E-state index in [0.717, 1.165) is 48.1 Å². The molecule has 2 heterocycles. The minimum absolute atomic E-state index is 0.370. The van der Waals surface area contributed by atoms with E-state index >= 15 is 0 Å². The Morgan fingerprint density at radius 3 is 2.51 bits per heavy atom. The molecule has 3 aromatic rings. The van der Waals surface area contributed by atoms with Crippen LogP contribution in [-0.2, 0) is 16.0 Å². The Labute approximate surface area is 205 Å². The van der Waals surface area contributed by atoms with Gasteiger partial charge < -0.3 is 25.5 Å². The summed E-state index contributed by atoms with van der Waals surface area (Å²) in [5, 5.41) is 10.1. The average molecular weight is 485 g/mol. The average Bonchev–Trinajstić information content (AvgIpc) is 3.20. The maximum atomic E-state index is 12.1. The number of aromatic nitrogens is 3. The summed E-state index contributed by atoms with van der Waals surface area (Å²) < 4.78 is 1.78. The summed E-state index contributed by atoms with van der Waals surface area (Å²) in [5.41, 5.74) is 8.45. The number of aliphatic carboxylic acids is 1. The molecule has 10 heteroatoms. The van der Waals surface area contributed by atoms with E-state index in [-0.39, 0.29) is 0 Å². The number of unbranched alkanes of at least 4 members (excludes halogenated alkanes) is 2. The molecule has 0 unspecified atom stereocenters. The highest BCUT2D eigenvalue weighted by Gasteiger charge is 2.21. The number of carbonyl (C=O) groups is 2. The molecule has 3 rings (SSSR count). The van der Waals surface area contributed by atoms with Crippen molar-refractivity contribution in [1.82, 2.24) is 24.5 Å². The van der Waals surface area contributed by atoms with Crippen molar-refractivity contribution in [3.8, 4) is 0 Å². The molecule has 0 spiro atoms. The van der Waals surface area contributed by atoms with Gasteiger partial charge in [-0.05, 0) is 52.4 Å². The fourth-order valence-electron chi connectivity index (χ4n) is 4.04. The first-order valence-electron chi connectivity index (χ1n) is 12.2. The van der Waals surface area contributed by atoms with Crippen molar-refractivity contribution in [2.75, 3.05) is 46.1 Å². The number of rotatable bonds is 13. The number of aryl methyl sites for hydroxylation is 1. The van der Waals surface area contributed by atoms with Gasteiger partial charge in [0.05, 0.1) is 5.52 Å². The second kappa shape index (κ2) is 12.3. The standard InChI is InChI=1S/C25H36N6O4/c1-4-5-13-20-28-21-22(18-11-6-7-12-19(18)27-23(21)26)31(20)35-17-9-8-15-30(24(32)25(33)34)16-10-14-29(2)3/h6-7,11-12H,4-5,8-10,13-17H2,1-3H3,(H2,26,27)(H,33,34). The van der Waals surface area contributed by atoms with E-state index < -0.39 is 11.9 Å². The molecule has 1 amide bonds. The van der Waals surface area contributed by atoms with Crippen molar-refractivity contribution in [3.05, 3.63) is 30.1 Å². The van der Waals surface area contributed by atoms with Crippen LogP contribution in [0.3, 0.4) is 0 Å². The molecule has 1 aromatic carbocycles. The highest BCUT2D eigenvalue weighted by atomic mass is 16.7. The normalized spacial score (nSPS) is 11.4. The van der Waals surface area contributed by atoms with Crippen molar-refractivity contribution in [1.29, 1.82) is 0 Å². The second-order valence-corrected chi connectivity index (χ2v) is 8.93. The predicted molar refractivity (Wildman–Crippen MR) is 136 cm³/mol. The van der Waals surface area contributed by atoms with Crippen molar-refractivity contribution >= 4 is 39.6 Å². The summed E-state index contributed by atoms with van der Waals surface area (Å²) in [5.74, 6) is -1.10. The number of amides is 1. The van der Waals surface area contributed by atoms with Crippen molar-refractivity contribution in [3.63, 3.8) is 0 Å². The summed E-state index contributed by atoms with van der Waals surface area (Å²) in [6.45, 7) is 4.09. The number of carboxylic acid groups (broad SMARTS) is 1. The first kappa shape index (κ1) is 26.2. The molecule has 0 radical (unpaired) electrons. The zero-order valence-electron chi connectivity index (χ0n) is 20.9. The molecule has 0 aliphatic rings. The zero-order chi connectivity index (χ0) is 25.4. The molecule has 0 bridgehead atoms. The van der Waals surface area contributed by atoms with Gasteiger partial charge in [0.2, 0.25) is 0 Å². The second-order valence-electron chi connectivity index (χ2n) is 8.93. The number of nitrogen functional groups attached to an aromatic ring is 1. The van der Waals surface area contributed by atoms with Crippen LogP contribution < -0.4 is 10.6 Å². The number of hydrogen-bond acceptors (Lipinski definition) is 7. The van der Waals surface area contributed by atoms with Crippen LogP contribution in [0.4, 0.5) is 5.82 Å². The maximum absolute atomic E-state index is 12.1. The zero-order valence-corrected chi connectivity index (χ0v) is 20.9. The SMILES string of the molecule is CCCCc1nc2c(N)nc3ccccc3c2n1OCCCCN(CCCN(C)C)C(=O)C(=O)O. The highest BCUT2D eigenvalue weighted by Crippen LogP contribution is 2.28. The third-order valence-electron chi connectivity index (χ3n) is 5.85. The van der Waals surface area contributed by atoms with Crippen molar-refractivity contribution < 1.29 is 19.5 Å². The van der Waals surface area contributed by atoms with Crippen molar-refractivity contribution in [2.24, 2.45) is 0 Å². The van der Waals surface area contributed by atoms with Crippen molar-refractivity contribution in [2.45, 2.75) is 45.4 Å². The van der Waals surface area contributed by atoms with Gasteiger partial charge in [0, 0.05) is 24.9 Å². The fourth-order valence-corrected chi connectivity index (χ4v) is 4.04. The van der Waals surface area contributed by atoms with Gasteiger partial charge in [-0.1, -0.05) is 31.5 Å². The number of carbonyl (C=O) groups excluding carboxylic acids is 1. The molecule has 10 nitrogen and oxygen atoms in total. The number of imidazole rings is 1. The van der Waals surface area contributed by atoms with Gasteiger partial charge in [0.15, 0.2) is 5.82 Å². The lowest BCUT2D eigenvalue weighted by molar-refractivity contribution is -0.156. The van der Waals surface area contributed by atoms with E-state index in [1.807, 2.05) is 43.3 Å². The summed E-state index contributed by atoms with van der Waals surface area (Å²) in [7, 11) is 3.89. The van der Waals surface area contributed by atoms with E-state index in [2.05, 4.69) is 11.9 Å². The van der Waals surface area contributed by atoms with E-state index in [4.69, 9.17) is 20.7 Å². The topological polar surface area (TPSA) is 127 Å². The van der Waals surface area contributed by atoms with Crippen LogP contribution in [0.5, 0.6) is 0 Å². The molecule has 0 atom stereocenters. The molecule has 35 heavy (non-hydrogen) atoms. The molecular formula is C25H36N6O4. The number of hydrogen-bond donors (Lipinski definition) is 2.